The Bertz CT molecular complexity index is 159. The van der Waals surface area contributed by atoms with Crippen LogP contribution in [0.5, 0.6) is 0 Å². The molecule has 0 aliphatic carbocycles. The number of hydrogen-bond acceptors (Lipinski definition) is 3. The van der Waals surface area contributed by atoms with Gasteiger partial charge in [0, 0.05) is 0 Å². The normalized spacial score (nSPS) is 9.50. The molecule has 0 aromatic heterocycles. The van der Waals surface area contributed by atoms with E-state index in [4.69, 9.17) is 17.0 Å². The van der Waals surface area contributed by atoms with Gasteiger partial charge in [0.25, 0.3) is 0 Å². The zero-order valence-corrected chi connectivity index (χ0v) is 9.85. The van der Waals surface area contributed by atoms with Crippen LogP contribution in [0.1, 0.15) is 26.2 Å². The van der Waals surface area contributed by atoms with Crippen molar-refractivity contribution < 1.29 is 20.3 Å². The molecule has 0 saturated carbocycles. The van der Waals surface area contributed by atoms with Crippen LogP contribution in [-0.4, -0.2) is 14.7 Å². The van der Waals surface area contributed by atoms with Crippen molar-refractivity contribution in [3.8, 4) is 0 Å². The third kappa shape index (κ3) is 8.72. The van der Waals surface area contributed by atoms with E-state index in [1.54, 1.807) is 11.8 Å². The van der Waals surface area contributed by atoms with Gasteiger partial charge >= 0.3 is 92.1 Å². The molecular formula is C8H13FeOS2. The second-order valence-corrected chi connectivity index (χ2v) is 4.56. The first-order valence-corrected chi connectivity index (χ1v) is 5.79. The molecule has 4 heteroatoms. The maximum atomic E-state index is 5.02. The second-order valence-electron chi connectivity index (χ2n) is 2.25. The predicted octanol–water partition coefficient (Wildman–Crippen LogP) is 2.72. The third-order valence-electron chi connectivity index (χ3n) is 1.16. The van der Waals surface area contributed by atoms with Crippen LogP contribution in [0.3, 0.4) is 0 Å². The van der Waals surface area contributed by atoms with Crippen LogP contribution in [0.4, 0.5) is 0 Å². The van der Waals surface area contributed by atoms with Crippen LogP contribution < -0.4 is 0 Å². The van der Waals surface area contributed by atoms with E-state index in [9.17, 15) is 0 Å². The zero-order valence-electron chi connectivity index (χ0n) is 7.11. The Morgan fingerprint density at radius 3 is 2.75 bits per heavy atom. The summed E-state index contributed by atoms with van der Waals surface area (Å²) in [5.74, 6) is 1.03. The number of ether oxygens (including phenoxy) is 1. The molecule has 0 aliphatic heterocycles. The molecule has 0 amide bonds. The monoisotopic (exact) mass is 245 g/mol. The summed E-state index contributed by atoms with van der Waals surface area (Å²) in [7, 11) is 0. The van der Waals surface area contributed by atoms with Gasteiger partial charge in [0.1, 0.15) is 0 Å². The van der Waals surface area contributed by atoms with Crippen LogP contribution in [0.2, 0.25) is 0 Å². The molecular weight excluding hydrogens is 232 g/mol. The van der Waals surface area contributed by atoms with Crippen LogP contribution in [0.25, 0.3) is 0 Å². The zero-order chi connectivity index (χ0) is 9.40. The van der Waals surface area contributed by atoms with Crippen LogP contribution in [-0.2, 0) is 20.3 Å². The first-order chi connectivity index (χ1) is 5.66. The molecule has 0 radical (unpaired) electrons. The molecule has 0 aliphatic rings. The average Bonchev–Trinajstić information content (AvgIpc) is 1.97. The number of rotatable bonds is 5. The summed E-state index contributed by atoms with van der Waals surface area (Å²) in [6, 6.07) is 0. The van der Waals surface area contributed by atoms with Crippen molar-refractivity contribution >= 4 is 33.0 Å². The Morgan fingerprint density at radius 2 is 2.25 bits per heavy atom. The van der Waals surface area contributed by atoms with Gasteiger partial charge in [0.05, 0.1) is 0 Å². The Kier molecular flexibility index (Phi) is 8.67. The quantitative estimate of drug-likeness (QED) is 0.319. The summed E-state index contributed by atoms with van der Waals surface area (Å²) >= 11 is 9.98. The molecule has 12 heavy (non-hydrogen) atoms. The Labute approximate surface area is 92.0 Å². The van der Waals surface area contributed by atoms with E-state index in [2.05, 4.69) is 29.4 Å². The summed E-state index contributed by atoms with van der Waals surface area (Å²) in [4.78, 5) is 0. The Morgan fingerprint density at radius 1 is 1.58 bits per heavy atom. The summed E-state index contributed by atoms with van der Waals surface area (Å²) < 4.78 is 5.97. The fourth-order valence-corrected chi connectivity index (χ4v) is 1.90. The van der Waals surface area contributed by atoms with Gasteiger partial charge in [0.15, 0.2) is 0 Å². The van der Waals surface area contributed by atoms with Crippen LogP contribution in [0, 0.1) is 6.92 Å². The van der Waals surface area contributed by atoms with Crippen molar-refractivity contribution in [3.05, 3.63) is 6.92 Å². The molecule has 0 saturated heterocycles. The molecule has 0 fully saturated rings. The van der Waals surface area contributed by atoms with E-state index in [0.29, 0.717) is 8.99 Å². The molecule has 0 unspecified atom stereocenters. The molecule has 0 aromatic carbocycles. The molecule has 0 aromatic rings. The van der Waals surface area contributed by atoms with E-state index in [0.717, 1.165) is 5.75 Å². The maximum absolute atomic E-state index is 5.02. The topological polar surface area (TPSA) is 9.23 Å². The van der Waals surface area contributed by atoms with Crippen molar-refractivity contribution in [2.45, 2.75) is 26.2 Å². The Balaban J connectivity index is 3.26. The van der Waals surface area contributed by atoms with Gasteiger partial charge in [-0.3, -0.25) is 0 Å². The third-order valence-corrected chi connectivity index (χ3v) is 2.52. The second kappa shape index (κ2) is 8.24. The van der Waals surface area contributed by atoms with Crippen LogP contribution in [0.15, 0.2) is 0 Å². The molecule has 0 atom stereocenters. The fraction of sp³-hybridized carbons (Fsp3) is 0.625. The van der Waals surface area contributed by atoms with Crippen molar-refractivity contribution in [3.63, 3.8) is 0 Å². The van der Waals surface area contributed by atoms with Gasteiger partial charge in [-0.05, 0) is 0 Å². The van der Waals surface area contributed by atoms with Crippen molar-refractivity contribution in [1.29, 1.82) is 0 Å². The molecule has 0 N–H and O–H groups in total. The minimum absolute atomic E-state index is 0.419. The Hall–Kier alpha value is 0.629. The molecule has 71 valence electrons. The number of thiocarbonyl (C=S) groups is 1. The van der Waals surface area contributed by atoms with Gasteiger partial charge in [0.2, 0.25) is 0 Å². The van der Waals surface area contributed by atoms with Crippen LogP contribution >= 0.6 is 24.0 Å². The van der Waals surface area contributed by atoms with E-state index in [-0.39, 0.29) is 0 Å². The van der Waals surface area contributed by atoms with Crippen molar-refractivity contribution in [2.24, 2.45) is 0 Å². The van der Waals surface area contributed by atoms with Gasteiger partial charge < -0.3 is 0 Å². The van der Waals surface area contributed by atoms with Gasteiger partial charge in [-0.15, -0.1) is 0 Å². The van der Waals surface area contributed by atoms with E-state index in [1.165, 1.54) is 19.3 Å². The SMILES string of the molecule is [CH2-][C](=[Fe+])OC(=S)SCCCCC. The standard InChI is InChI=1S/C8H13OS2.Fe/c1-3-5-6-7-11-8(10)9-4-2;/h2-3,5-7H2,1H3;/q-1;+1. The summed E-state index contributed by atoms with van der Waals surface area (Å²) in [6.45, 7) is 5.68. The molecule has 0 heterocycles. The number of thioether (sulfide) groups is 1. The molecule has 0 spiro atoms. The van der Waals surface area contributed by atoms with Crippen molar-refractivity contribution in [1.82, 2.24) is 0 Å². The predicted molar refractivity (Wildman–Crippen MR) is 56.0 cm³/mol. The molecule has 1 nitrogen and oxygen atoms in total. The summed E-state index contributed by atoms with van der Waals surface area (Å²) in [5, 5.41) is 0. The van der Waals surface area contributed by atoms with E-state index >= 15 is 0 Å². The summed E-state index contributed by atoms with van der Waals surface area (Å²) in [5.41, 5.74) is 0. The average molecular weight is 245 g/mol. The van der Waals surface area contributed by atoms with Gasteiger partial charge in [-0.25, -0.2) is 0 Å². The summed E-state index contributed by atoms with van der Waals surface area (Å²) in [6.07, 6.45) is 3.67. The molecule has 0 bridgehead atoms. The fourth-order valence-electron chi connectivity index (χ4n) is 0.625. The number of unbranched alkanes of at least 4 members (excludes halogenated alkanes) is 2. The first kappa shape index (κ1) is 12.6. The van der Waals surface area contributed by atoms with E-state index in [1.807, 2.05) is 0 Å². The van der Waals surface area contributed by atoms with Gasteiger partial charge in [-0.1, -0.05) is 0 Å². The minimum atomic E-state index is 0.419. The van der Waals surface area contributed by atoms with Gasteiger partial charge in [-0.2, -0.15) is 0 Å². The number of hydrogen-bond donors (Lipinski definition) is 0. The van der Waals surface area contributed by atoms with Crippen molar-refractivity contribution in [2.75, 3.05) is 5.75 Å². The van der Waals surface area contributed by atoms with E-state index < -0.39 is 0 Å². The first-order valence-electron chi connectivity index (χ1n) is 3.84. The molecule has 0 rings (SSSR count).